The lowest BCUT2D eigenvalue weighted by Crippen LogP contribution is -2.44. The van der Waals surface area contributed by atoms with E-state index in [1.165, 1.54) is 23.9 Å². The van der Waals surface area contributed by atoms with E-state index in [4.69, 9.17) is 10.5 Å². The van der Waals surface area contributed by atoms with E-state index < -0.39 is 17.0 Å². The highest BCUT2D eigenvalue weighted by atomic mass is 32.2. The minimum Gasteiger partial charge on any atom is -0.375 e. The predicted octanol–water partition coefficient (Wildman–Crippen LogP) is 2.78. The van der Waals surface area contributed by atoms with Crippen LogP contribution in [0.2, 0.25) is 0 Å². The Hall–Kier alpha value is -1.22. The lowest BCUT2D eigenvalue weighted by molar-refractivity contribution is -0.138. The Morgan fingerprint density at radius 1 is 1.42 bits per heavy atom. The van der Waals surface area contributed by atoms with Gasteiger partial charge in [-0.2, -0.15) is 0 Å². The van der Waals surface area contributed by atoms with Gasteiger partial charge in [-0.25, -0.2) is 14.2 Å². The maximum atomic E-state index is 13.9. The normalized spacial score (nSPS) is 19.8. The molecule has 8 heteroatoms. The molecule has 1 aliphatic heterocycles. The predicted molar refractivity (Wildman–Crippen MR) is 92.0 cm³/mol. The molecule has 1 aromatic carbocycles. The van der Waals surface area contributed by atoms with Crippen molar-refractivity contribution in [1.29, 1.82) is 0 Å². The van der Waals surface area contributed by atoms with E-state index in [0.29, 0.717) is 13.0 Å². The van der Waals surface area contributed by atoms with Gasteiger partial charge in [0.2, 0.25) is 0 Å². The number of hydrogen-bond donors (Lipinski definition) is 2. The number of halogens is 2. The topological polar surface area (TPSA) is 67.6 Å². The third-order valence-electron chi connectivity index (χ3n) is 3.27. The second kappa shape index (κ2) is 10.6. The summed E-state index contributed by atoms with van der Waals surface area (Å²) in [5, 5.41) is 0.705. The van der Waals surface area contributed by atoms with E-state index in [1.54, 1.807) is 0 Å². The summed E-state index contributed by atoms with van der Waals surface area (Å²) in [6.45, 7) is 4.42. The Kier molecular flexibility index (Phi) is 9.20. The van der Waals surface area contributed by atoms with Crippen molar-refractivity contribution in [2.45, 2.75) is 37.4 Å². The highest BCUT2D eigenvalue weighted by Crippen LogP contribution is 2.40. The van der Waals surface area contributed by atoms with Crippen LogP contribution in [0.1, 0.15) is 37.6 Å². The molecule has 1 heterocycles. The standard InChI is InChI=1S/C14H19F2N3O2S.C2H6/c1-21-8-12(20)19-13(3-2-6-17)22-14(18-19)10-7-9(15)4-5-11(10)16;1-2/h4-5,7,13-14,18H,2-3,6,8,17H2,1H3;1-2H3. The van der Waals surface area contributed by atoms with Crippen LogP contribution in [0.3, 0.4) is 0 Å². The molecule has 24 heavy (non-hydrogen) atoms. The van der Waals surface area contributed by atoms with Crippen molar-refractivity contribution in [3.8, 4) is 0 Å². The molecule has 1 aromatic rings. The molecule has 0 radical (unpaired) electrons. The number of nitrogens with zero attached hydrogens (tertiary/aromatic N) is 1. The first-order chi connectivity index (χ1) is 11.6. The first kappa shape index (κ1) is 20.8. The summed E-state index contributed by atoms with van der Waals surface area (Å²) >= 11 is 1.37. The molecule has 1 saturated heterocycles. The zero-order valence-corrected chi connectivity index (χ0v) is 15.0. The number of thioether (sulfide) groups is 1. The van der Waals surface area contributed by atoms with Crippen molar-refractivity contribution in [2.75, 3.05) is 20.3 Å². The Balaban J connectivity index is 0.00000139. The fourth-order valence-electron chi connectivity index (χ4n) is 2.23. The number of ether oxygens (including phenoxy) is 1. The van der Waals surface area contributed by atoms with Gasteiger partial charge in [0.25, 0.3) is 5.91 Å². The third-order valence-corrected chi connectivity index (χ3v) is 4.66. The number of carbonyl (C=O) groups is 1. The van der Waals surface area contributed by atoms with Crippen LogP contribution in [-0.4, -0.2) is 36.6 Å². The molecule has 2 rings (SSSR count). The molecule has 0 saturated carbocycles. The third kappa shape index (κ3) is 5.41. The van der Waals surface area contributed by atoms with Gasteiger partial charge < -0.3 is 10.5 Å². The summed E-state index contributed by atoms with van der Waals surface area (Å²) in [7, 11) is 1.43. The van der Waals surface area contributed by atoms with E-state index in [1.807, 2.05) is 13.8 Å². The molecule has 0 aromatic heterocycles. The Morgan fingerprint density at radius 3 is 2.75 bits per heavy atom. The number of carbonyl (C=O) groups excluding carboxylic acids is 1. The number of methoxy groups -OCH3 is 1. The van der Waals surface area contributed by atoms with E-state index in [-0.39, 0.29) is 23.5 Å². The van der Waals surface area contributed by atoms with Crippen LogP contribution in [0.5, 0.6) is 0 Å². The molecular formula is C16H25F2N3O2S. The molecule has 1 amide bonds. The zero-order chi connectivity index (χ0) is 18.1. The van der Waals surface area contributed by atoms with E-state index in [0.717, 1.165) is 24.6 Å². The summed E-state index contributed by atoms with van der Waals surface area (Å²) < 4.78 is 32.1. The first-order valence-electron chi connectivity index (χ1n) is 7.94. The number of hydrogen-bond acceptors (Lipinski definition) is 5. The molecule has 0 aliphatic carbocycles. The lowest BCUT2D eigenvalue weighted by Gasteiger charge is -2.22. The monoisotopic (exact) mass is 361 g/mol. The van der Waals surface area contributed by atoms with Gasteiger partial charge in [-0.05, 0) is 37.6 Å². The Bertz CT molecular complexity index is 534. The molecule has 136 valence electrons. The van der Waals surface area contributed by atoms with Gasteiger partial charge in [-0.1, -0.05) is 13.8 Å². The van der Waals surface area contributed by atoms with Crippen molar-refractivity contribution < 1.29 is 18.3 Å². The molecule has 2 unspecified atom stereocenters. The van der Waals surface area contributed by atoms with E-state index in [9.17, 15) is 13.6 Å². The van der Waals surface area contributed by atoms with Gasteiger partial charge in [0, 0.05) is 12.7 Å². The quantitative estimate of drug-likeness (QED) is 0.816. The van der Waals surface area contributed by atoms with Crippen molar-refractivity contribution in [2.24, 2.45) is 5.73 Å². The SMILES string of the molecule is CC.COCC(=O)N1NC(c2cc(F)ccc2F)SC1CCCN. The van der Waals surface area contributed by atoms with Crippen LogP contribution in [0.25, 0.3) is 0 Å². The highest BCUT2D eigenvalue weighted by Gasteiger charge is 2.37. The summed E-state index contributed by atoms with van der Waals surface area (Å²) in [5.74, 6) is -1.28. The summed E-state index contributed by atoms with van der Waals surface area (Å²) in [5.41, 5.74) is 8.64. The molecule has 5 nitrogen and oxygen atoms in total. The van der Waals surface area contributed by atoms with Gasteiger partial charge in [-0.15, -0.1) is 11.8 Å². The minimum atomic E-state index is -0.528. The van der Waals surface area contributed by atoms with Crippen molar-refractivity contribution >= 4 is 17.7 Å². The molecule has 1 fully saturated rings. The number of rotatable bonds is 6. The van der Waals surface area contributed by atoms with Crippen LogP contribution in [-0.2, 0) is 9.53 Å². The molecule has 2 atom stereocenters. The maximum absolute atomic E-state index is 13.9. The number of nitrogens with one attached hydrogen (secondary N) is 1. The smallest absolute Gasteiger partial charge is 0.263 e. The maximum Gasteiger partial charge on any atom is 0.263 e. The number of hydrazine groups is 1. The lowest BCUT2D eigenvalue weighted by atomic mass is 10.2. The summed E-state index contributed by atoms with van der Waals surface area (Å²) in [6, 6.07) is 3.30. The molecule has 1 aliphatic rings. The largest absolute Gasteiger partial charge is 0.375 e. The van der Waals surface area contributed by atoms with Crippen molar-refractivity contribution in [3.63, 3.8) is 0 Å². The number of nitrogens with two attached hydrogens (primary N) is 1. The van der Waals surface area contributed by atoms with Gasteiger partial charge in [0.1, 0.15) is 23.6 Å². The van der Waals surface area contributed by atoms with Gasteiger partial charge in [0.15, 0.2) is 0 Å². The van der Waals surface area contributed by atoms with Crippen molar-refractivity contribution in [3.05, 3.63) is 35.4 Å². The molecular weight excluding hydrogens is 336 g/mol. The van der Waals surface area contributed by atoms with Crippen LogP contribution >= 0.6 is 11.8 Å². The van der Waals surface area contributed by atoms with Gasteiger partial charge >= 0.3 is 0 Å². The van der Waals surface area contributed by atoms with Gasteiger partial charge in [0.05, 0.1) is 5.37 Å². The first-order valence-corrected chi connectivity index (χ1v) is 8.88. The second-order valence-corrected chi connectivity index (χ2v) is 6.18. The summed E-state index contributed by atoms with van der Waals surface area (Å²) in [6.07, 6.45) is 1.39. The molecule has 0 bridgehead atoms. The molecule has 3 N–H and O–H groups in total. The second-order valence-electron chi connectivity index (χ2n) is 4.89. The number of benzene rings is 1. The Labute approximate surface area is 145 Å². The van der Waals surface area contributed by atoms with Crippen LogP contribution in [0, 0.1) is 11.6 Å². The highest BCUT2D eigenvalue weighted by molar-refractivity contribution is 8.00. The van der Waals surface area contributed by atoms with Crippen molar-refractivity contribution in [1.82, 2.24) is 10.4 Å². The average Bonchev–Trinajstić information content (AvgIpc) is 3.01. The minimum absolute atomic E-state index is 0.0783. The van der Waals surface area contributed by atoms with E-state index in [2.05, 4.69) is 5.43 Å². The average molecular weight is 361 g/mol. The van der Waals surface area contributed by atoms with Gasteiger partial charge in [-0.3, -0.25) is 9.80 Å². The fourth-order valence-corrected chi connectivity index (χ4v) is 3.65. The van der Waals surface area contributed by atoms with E-state index >= 15 is 0 Å². The van der Waals surface area contributed by atoms with Crippen LogP contribution < -0.4 is 11.2 Å². The fraction of sp³-hybridized carbons (Fsp3) is 0.562. The summed E-state index contributed by atoms with van der Waals surface area (Å²) in [4.78, 5) is 12.1. The number of amides is 1. The van der Waals surface area contributed by atoms with Crippen LogP contribution in [0.15, 0.2) is 18.2 Å². The van der Waals surface area contributed by atoms with Crippen LogP contribution in [0.4, 0.5) is 8.78 Å². The Morgan fingerprint density at radius 2 is 2.12 bits per heavy atom. The molecule has 0 spiro atoms. The zero-order valence-electron chi connectivity index (χ0n) is 14.2.